The van der Waals surface area contributed by atoms with Crippen LogP contribution in [0.4, 0.5) is 16.0 Å². The van der Waals surface area contributed by atoms with E-state index in [-0.39, 0.29) is 36.9 Å². The van der Waals surface area contributed by atoms with Crippen molar-refractivity contribution in [3.63, 3.8) is 0 Å². The van der Waals surface area contributed by atoms with Crippen molar-refractivity contribution in [2.45, 2.75) is 38.5 Å². The average molecular weight is 547 g/mol. The summed E-state index contributed by atoms with van der Waals surface area (Å²) >= 11 is 6.47. The lowest BCUT2D eigenvalue weighted by atomic mass is 10.1. The van der Waals surface area contributed by atoms with Crippen molar-refractivity contribution in [1.82, 2.24) is 29.4 Å². The number of aromatic nitrogens is 4. The van der Waals surface area contributed by atoms with E-state index in [2.05, 4.69) is 30.5 Å². The number of nitrogens with one attached hydrogen (secondary N) is 2. The molecule has 196 valence electrons. The maximum atomic E-state index is 14.9. The van der Waals surface area contributed by atoms with Gasteiger partial charge in [0.15, 0.2) is 0 Å². The van der Waals surface area contributed by atoms with Crippen molar-refractivity contribution < 1.29 is 12.8 Å². The number of sulfonamides is 1. The Labute approximate surface area is 220 Å². The number of nitrogens with zero attached hydrogens (tertiary/aromatic N) is 6. The lowest BCUT2D eigenvalue weighted by Gasteiger charge is -2.34. The fourth-order valence-corrected chi connectivity index (χ4v) is 6.03. The van der Waals surface area contributed by atoms with Crippen LogP contribution in [0.15, 0.2) is 36.8 Å². The molecule has 0 unspecified atom stereocenters. The van der Waals surface area contributed by atoms with E-state index < -0.39 is 22.2 Å². The highest BCUT2D eigenvalue weighted by Crippen LogP contribution is 2.31. The van der Waals surface area contributed by atoms with Gasteiger partial charge in [-0.3, -0.25) is 0 Å². The van der Waals surface area contributed by atoms with E-state index in [1.807, 2.05) is 25.2 Å². The van der Waals surface area contributed by atoms with E-state index >= 15 is 0 Å². The van der Waals surface area contributed by atoms with Crippen molar-refractivity contribution in [2.24, 2.45) is 0 Å². The van der Waals surface area contributed by atoms with Crippen LogP contribution in [-0.2, 0) is 16.6 Å². The molecule has 0 radical (unpaired) electrons. The van der Waals surface area contributed by atoms with Gasteiger partial charge in [0.2, 0.25) is 21.7 Å². The molecule has 1 saturated heterocycles. The fraction of sp³-hybridized carbons (Fsp3) is 0.417. The molecule has 3 aromatic rings. The average Bonchev–Trinajstić information content (AvgIpc) is 3.35. The Morgan fingerprint density at radius 2 is 2.14 bits per heavy atom. The lowest BCUT2D eigenvalue weighted by molar-refractivity contribution is 0.185. The van der Waals surface area contributed by atoms with Gasteiger partial charge in [-0.15, -0.1) is 0 Å². The van der Waals surface area contributed by atoms with E-state index in [1.54, 1.807) is 24.0 Å². The number of halogens is 2. The van der Waals surface area contributed by atoms with Gasteiger partial charge in [0.25, 0.3) is 0 Å². The Balaban J connectivity index is 1.54. The summed E-state index contributed by atoms with van der Waals surface area (Å²) in [6.07, 6.45) is 3.99. The van der Waals surface area contributed by atoms with Gasteiger partial charge in [-0.1, -0.05) is 24.6 Å². The summed E-state index contributed by atoms with van der Waals surface area (Å²) in [6, 6.07) is 5.02. The molecular weight excluding hydrogens is 519 g/mol. The second-order valence-electron chi connectivity index (χ2n) is 8.76. The van der Waals surface area contributed by atoms with Gasteiger partial charge < -0.3 is 10.6 Å². The first kappa shape index (κ1) is 26.9. The number of piperidine rings is 1. The van der Waals surface area contributed by atoms with Crippen LogP contribution in [-0.4, -0.2) is 70.6 Å². The zero-order valence-electron chi connectivity index (χ0n) is 20.5. The molecule has 0 spiro atoms. The highest BCUT2D eigenvalue weighted by atomic mass is 35.5. The van der Waals surface area contributed by atoms with Crippen LogP contribution in [0.5, 0.6) is 0 Å². The van der Waals surface area contributed by atoms with Gasteiger partial charge in [-0.05, 0) is 37.6 Å². The number of anilines is 1. The second kappa shape index (κ2) is 11.5. The number of rotatable bonds is 9. The van der Waals surface area contributed by atoms with Crippen molar-refractivity contribution in [1.29, 1.82) is 0 Å². The first-order valence-electron chi connectivity index (χ1n) is 11.9. The standard InChI is InChI=1S/C24H28ClFN8O2S/c1-4-9-37(35,36)33-8-7-20(19(26)15-33)31-24-29-13-21(28-3)23(32-24)17-12-30-34(14-17)22-6-5-16(11-27-2)10-18(22)25/h5-6,10,12-14,19-20,27H,4,7-9,11,15H2,1-2H3,(H,29,31,32)/t19-,20+/m1/s1. The van der Waals surface area contributed by atoms with E-state index in [9.17, 15) is 12.8 Å². The molecule has 1 fully saturated rings. The highest BCUT2D eigenvalue weighted by Gasteiger charge is 2.35. The van der Waals surface area contributed by atoms with Gasteiger partial charge >= 0.3 is 0 Å². The van der Waals surface area contributed by atoms with Crippen molar-refractivity contribution in [3.8, 4) is 16.9 Å². The maximum absolute atomic E-state index is 14.9. The Bertz CT molecular complexity index is 1410. The number of benzene rings is 1. The molecule has 13 heteroatoms. The summed E-state index contributed by atoms with van der Waals surface area (Å²) in [6.45, 7) is 9.98. The minimum Gasteiger partial charge on any atom is -0.349 e. The van der Waals surface area contributed by atoms with Gasteiger partial charge in [-0.2, -0.15) is 9.40 Å². The second-order valence-corrected chi connectivity index (χ2v) is 11.3. The maximum Gasteiger partial charge on any atom is 0.231 e. The van der Waals surface area contributed by atoms with Crippen molar-refractivity contribution in [3.05, 3.63) is 58.8 Å². The Morgan fingerprint density at radius 3 is 2.81 bits per heavy atom. The first-order valence-corrected chi connectivity index (χ1v) is 13.9. The molecule has 0 bridgehead atoms. The van der Waals surface area contributed by atoms with Crippen LogP contribution in [0.25, 0.3) is 21.8 Å². The smallest absolute Gasteiger partial charge is 0.231 e. The molecule has 1 aliphatic rings. The number of alkyl halides is 1. The minimum absolute atomic E-state index is 0.00135. The van der Waals surface area contributed by atoms with Crippen LogP contribution in [0.1, 0.15) is 25.3 Å². The van der Waals surface area contributed by atoms with Crippen molar-refractivity contribution in [2.75, 3.05) is 31.2 Å². The molecule has 2 N–H and O–H groups in total. The molecule has 2 aromatic heterocycles. The van der Waals surface area contributed by atoms with Crippen LogP contribution in [0.3, 0.4) is 0 Å². The molecule has 0 saturated carbocycles. The third-order valence-electron chi connectivity index (χ3n) is 6.06. The van der Waals surface area contributed by atoms with Gasteiger partial charge in [0.05, 0.1) is 41.0 Å². The van der Waals surface area contributed by atoms with Gasteiger partial charge in [0, 0.05) is 37.6 Å². The predicted octanol–water partition coefficient (Wildman–Crippen LogP) is 3.82. The predicted molar refractivity (Wildman–Crippen MR) is 141 cm³/mol. The van der Waals surface area contributed by atoms with E-state index in [4.69, 9.17) is 18.2 Å². The quantitative estimate of drug-likeness (QED) is 0.393. The summed E-state index contributed by atoms with van der Waals surface area (Å²) in [7, 11) is -1.61. The van der Waals surface area contributed by atoms with Gasteiger partial charge in [0.1, 0.15) is 6.17 Å². The molecule has 37 heavy (non-hydrogen) atoms. The summed E-state index contributed by atoms with van der Waals surface area (Å²) < 4.78 is 42.4. The van der Waals surface area contributed by atoms with Crippen LogP contribution < -0.4 is 10.6 Å². The molecule has 10 nitrogen and oxygen atoms in total. The largest absolute Gasteiger partial charge is 0.349 e. The minimum atomic E-state index is -3.46. The lowest BCUT2D eigenvalue weighted by Crippen LogP contribution is -2.50. The highest BCUT2D eigenvalue weighted by molar-refractivity contribution is 7.89. The SMILES string of the molecule is [C-]#[N+]c1cnc(N[C@H]2CCN(S(=O)(=O)CCC)C[C@H]2F)nc1-c1cnn(-c2ccc(CNC)cc2Cl)c1. The molecular formula is C24H28ClFN8O2S. The third-order valence-corrected chi connectivity index (χ3v) is 8.41. The molecule has 4 rings (SSSR count). The Kier molecular flexibility index (Phi) is 8.39. The van der Waals surface area contributed by atoms with Crippen molar-refractivity contribution >= 4 is 33.3 Å². The zero-order valence-corrected chi connectivity index (χ0v) is 22.1. The number of hydrogen-bond donors (Lipinski definition) is 2. The van der Waals surface area contributed by atoms with E-state index in [1.165, 1.54) is 10.5 Å². The zero-order chi connectivity index (χ0) is 26.6. The third kappa shape index (κ3) is 6.07. The summed E-state index contributed by atoms with van der Waals surface area (Å²) in [4.78, 5) is 12.2. The van der Waals surface area contributed by atoms with E-state index in [0.717, 1.165) is 5.56 Å². The fourth-order valence-electron chi connectivity index (χ4n) is 4.21. The van der Waals surface area contributed by atoms with Gasteiger partial charge in [-0.25, -0.2) is 32.3 Å². The monoisotopic (exact) mass is 546 g/mol. The molecule has 3 heterocycles. The van der Waals surface area contributed by atoms with Crippen LogP contribution in [0, 0.1) is 6.57 Å². The number of hydrogen-bond acceptors (Lipinski definition) is 7. The summed E-state index contributed by atoms with van der Waals surface area (Å²) in [5.41, 5.74) is 2.85. The Morgan fingerprint density at radius 1 is 1.32 bits per heavy atom. The molecule has 2 atom stereocenters. The normalized spacial score (nSPS) is 18.5. The molecule has 0 aliphatic carbocycles. The summed E-state index contributed by atoms with van der Waals surface area (Å²) in [5, 5.41) is 11.0. The molecule has 0 amide bonds. The topological polar surface area (TPSA) is 109 Å². The summed E-state index contributed by atoms with van der Waals surface area (Å²) in [5.74, 6) is 0.156. The van der Waals surface area contributed by atoms with Crippen LogP contribution >= 0.6 is 11.6 Å². The Hall–Kier alpha value is -3.11. The molecule has 1 aliphatic heterocycles. The first-order chi connectivity index (χ1) is 17.7. The van der Waals surface area contributed by atoms with E-state index in [0.29, 0.717) is 34.9 Å². The van der Waals surface area contributed by atoms with Crippen LogP contribution in [0.2, 0.25) is 5.02 Å². The molecule has 1 aromatic carbocycles.